The van der Waals surface area contributed by atoms with Gasteiger partial charge in [-0.3, -0.25) is 0 Å². The lowest BCUT2D eigenvalue weighted by atomic mass is 9.88. The summed E-state index contributed by atoms with van der Waals surface area (Å²) in [6.45, 7) is 5.05. The van der Waals surface area contributed by atoms with Crippen molar-refractivity contribution in [3.63, 3.8) is 0 Å². The highest BCUT2D eigenvalue weighted by atomic mass is 16.5. The lowest BCUT2D eigenvalue weighted by molar-refractivity contribution is 0.0288. The van der Waals surface area contributed by atoms with Crippen LogP contribution in [0.15, 0.2) is 12.1 Å². The summed E-state index contributed by atoms with van der Waals surface area (Å²) < 4.78 is 10.7. The molecule has 1 fully saturated rings. The van der Waals surface area contributed by atoms with Crippen molar-refractivity contribution in [3.8, 4) is 11.5 Å². The molecule has 5 heteroatoms. The van der Waals surface area contributed by atoms with E-state index in [4.69, 9.17) is 15.2 Å². The smallest absolute Gasteiger partial charge is 0.145 e. The van der Waals surface area contributed by atoms with Crippen LogP contribution in [-0.4, -0.2) is 50.0 Å². The van der Waals surface area contributed by atoms with Crippen molar-refractivity contribution in [1.82, 2.24) is 4.90 Å². The minimum Gasteiger partial charge on any atom is -0.496 e. The van der Waals surface area contributed by atoms with Gasteiger partial charge in [-0.1, -0.05) is 6.92 Å². The maximum absolute atomic E-state index is 10.3. The van der Waals surface area contributed by atoms with E-state index < -0.39 is 0 Å². The van der Waals surface area contributed by atoms with Gasteiger partial charge in [-0.05, 0) is 31.0 Å². The molecular formula is C16H26N2O3. The molecular weight excluding hydrogens is 268 g/mol. The average molecular weight is 294 g/mol. The van der Waals surface area contributed by atoms with Crippen LogP contribution in [-0.2, 0) is 6.42 Å². The summed E-state index contributed by atoms with van der Waals surface area (Å²) in [4.78, 5) is 2.37. The number of aliphatic hydroxyl groups excluding tert-OH is 1. The van der Waals surface area contributed by atoms with Crippen LogP contribution in [0.4, 0.5) is 5.69 Å². The maximum Gasteiger partial charge on any atom is 0.145 e. The summed E-state index contributed by atoms with van der Waals surface area (Å²) in [6.07, 6.45) is 1.32. The molecule has 1 aromatic rings. The number of nitrogens with zero attached hydrogens (tertiary/aromatic N) is 1. The van der Waals surface area contributed by atoms with Crippen LogP contribution in [0.25, 0.3) is 0 Å². The molecule has 1 aliphatic heterocycles. The Kier molecular flexibility index (Phi) is 5.31. The summed E-state index contributed by atoms with van der Waals surface area (Å²) in [7, 11) is 3.24. The Hall–Kier alpha value is -1.46. The third-order valence-corrected chi connectivity index (χ3v) is 4.34. The van der Waals surface area contributed by atoms with E-state index in [1.807, 2.05) is 12.1 Å². The fourth-order valence-corrected chi connectivity index (χ4v) is 3.02. The Morgan fingerprint density at radius 2 is 2.00 bits per heavy atom. The van der Waals surface area contributed by atoms with Gasteiger partial charge >= 0.3 is 0 Å². The molecule has 0 bridgehead atoms. The molecule has 1 saturated heterocycles. The van der Waals surface area contributed by atoms with Crippen molar-refractivity contribution in [2.75, 3.05) is 39.6 Å². The van der Waals surface area contributed by atoms with Crippen LogP contribution >= 0.6 is 0 Å². The predicted octanol–water partition coefficient (Wildman–Crippen LogP) is 1.53. The number of anilines is 1. The van der Waals surface area contributed by atoms with Gasteiger partial charge in [-0.25, -0.2) is 0 Å². The van der Waals surface area contributed by atoms with Crippen molar-refractivity contribution in [3.05, 3.63) is 17.7 Å². The molecule has 2 atom stereocenters. The third kappa shape index (κ3) is 3.60. The quantitative estimate of drug-likeness (QED) is 0.806. The first kappa shape index (κ1) is 15.9. The van der Waals surface area contributed by atoms with E-state index in [0.717, 1.165) is 43.8 Å². The van der Waals surface area contributed by atoms with Gasteiger partial charge < -0.3 is 25.2 Å². The molecule has 2 rings (SSSR count). The lowest BCUT2D eigenvalue weighted by Gasteiger charge is -2.36. The Balaban J connectivity index is 2.19. The van der Waals surface area contributed by atoms with Crippen LogP contribution in [0.5, 0.6) is 11.5 Å². The molecule has 0 aliphatic carbocycles. The van der Waals surface area contributed by atoms with E-state index in [2.05, 4.69) is 11.8 Å². The first-order chi connectivity index (χ1) is 10.1. The number of ether oxygens (including phenoxy) is 2. The molecule has 0 aromatic heterocycles. The third-order valence-electron chi connectivity index (χ3n) is 4.34. The summed E-state index contributed by atoms with van der Waals surface area (Å²) in [5, 5.41) is 10.3. The highest BCUT2D eigenvalue weighted by Gasteiger charge is 2.28. The predicted molar refractivity (Wildman–Crippen MR) is 83.9 cm³/mol. The molecule has 0 saturated carbocycles. The number of hydrogen-bond donors (Lipinski definition) is 2. The number of nitrogen functional groups attached to an aromatic ring is 1. The van der Waals surface area contributed by atoms with E-state index in [-0.39, 0.29) is 12.0 Å². The average Bonchev–Trinajstić information content (AvgIpc) is 2.49. The van der Waals surface area contributed by atoms with Crippen molar-refractivity contribution >= 4 is 5.69 Å². The van der Waals surface area contributed by atoms with Crippen LogP contribution in [0.1, 0.15) is 18.9 Å². The number of benzene rings is 1. The first-order valence-electron chi connectivity index (χ1n) is 7.49. The van der Waals surface area contributed by atoms with E-state index in [1.54, 1.807) is 14.2 Å². The van der Waals surface area contributed by atoms with E-state index in [0.29, 0.717) is 11.4 Å². The molecule has 0 spiro atoms. The van der Waals surface area contributed by atoms with E-state index in [1.165, 1.54) is 0 Å². The van der Waals surface area contributed by atoms with Gasteiger partial charge in [0.2, 0.25) is 0 Å². The minimum atomic E-state index is -0.263. The number of rotatable bonds is 5. The molecule has 0 radical (unpaired) electrons. The Labute approximate surface area is 126 Å². The lowest BCUT2D eigenvalue weighted by Crippen LogP contribution is -2.43. The summed E-state index contributed by atoms with van der Waals surface area (Å²) >= 11 is 0. The second-order valence-electron chi connectivity index (χ2n) is 5.62. The molecule has 3 N–H and O–H groups in total. The van der Waals surface area contributed by atoms with Gasteiger partial charge in [0, 0.05) is 25.1 Å². The maximum atomic E-state index is 10.3. The topological polar surface area (TPSA) is 68.0 Å². The van der Waals surface area contributed by atoms with Crippen LogP contribution in [0.3, 0.4) is 0 Å². The second-order valence-corrected chi connectivity index (χ2v) is 5.62. The molecule has 2 unspecified atom stereocenters. The Morgan fingerprint density at radius 1 is 1.29 bits per heavy atom. The first-order valence-corrected chi connectivity index (χ1v) is 7.49. The molecule has 1 heterocycles. The summed E-state index contributed by atoms with van der Waals surface area (Å²) in [6, 6.07) is 3.72. The van der Waals surface area contributed by atoms with Gasteiger partial charge in [0.05, 0.1) is 26.0 Å². The van der Waals surface area contributed by atoms with Gasteiger partial charge in [-0.15, -0.1) is 0 Å². The molecule has 118 valence electrons. The van der Waals surface area contributed by atoms with E-state index >= 15 is 0 Å². The number of hydrogen-bond acceptors (Lipinski definition) is 5. The summed E-state index contributed by atoms with van der Waals surface area (Å²) in [5.41, 5.74) is 7.62. The highest BCUT2D eigenvalue weighted by Crippen LogP contribution is 2.33. The largest absolute Gasteiger partial charge is 0.496 e. The fraction of sp³-hybridized carbons (Fsp3) is 0.625. The number of likely N-dealkylation sites (tertiary alicyclic amines) is 1. The van der Waals surface area contributed by atoms with Crippen LogP contribution < -0.4 is 15.2 Å². The van der Waals surface area contributed by atoms with Crippen molar-refractivity contribution in [2.24, 2.45) is 5.92 Å². The molecule has 21 heavy (non-hydrogen) atoms. The Morgan fingerprint density at radius 3 is 2.62 bits per heavy atom. The van der Waals surface area contributed by atoms with Crippen molar-refractivity contribution in [2.45, 2.75) is 25.9 Å². The normalized spacial score (nSPS) is 23.0. The minimum absolute atomic E-state index is 0.209. The monoisotopic (exact) mass is 294 g/mol. The molecule has 1 aliphatic rings. The second kappa shape index (κ2) is 7.00. The summed E-state index contributed by atoms with van der Waals surface area (Å²) in [5.74, 6) is 1.59. The zero-order valence-corrected chi connectivity index (χ0v) is 13.1. The highest BCUT2D eigenvalue weighted by molar-refractivity contribution is 5.59. The fourth-order valence-electron chi connectivity index (χ4n) is 3.02. The zero-order valence-electron chi connectivity index (χ0n) is 13.1. The van der Waals surface area contributed by atoms with E-state index in [9.17, 15) is 5.11 Å². The molecule has 1 aromatic carbocycles. The Bertz CT molecular complexity index is 479. The number of nitrogens with two attached hydrogens (primary N) is 1. The van der Waals surface area contributed by atoms with Gasteiger partial charge in [-0.2, -0.15) is 0 Å². The number of piperidine rings is 1. The molecule has 0 amide bonds. The number of aliphatic hydroxyl groups is 1. The number of methoxy groups -OCH3 is 2. The van der Waals surface area contributed by atoms with Crippen LogP contribution in [0.2, 0.25) is 0 Å². The van der Waals surface area contributed by atoms with Gasteiger partial charge in [0.25, 0.3) is 0 Å². The van der Waals surface area contributed by atoms with Gasteiger partial charge in [0.15, 0.2) is 0 Å². The van der Waals surface area contributed by atoms with Crippen molar-refractivity contribution in [1.29, 1.82) is 0 Å². The van der Waals surface area contributed by atoms with Crippen molar-refractivity contribution < 1.29 is 14.6 Å². The molecule has 5 nitrogen and oxygen atoms in total. The standard InChI is InChI=1S/C16H26N2O3/c1-4-18-6-5-14(19)12(10-18)7-11-8-13(17)16(21-3)9-15(11)20-2/h8-9,12,14,19H,4-7,10,17H2,1-3H3. The van der Waals surface area contributed by atoms with Gasteiger partial charge in [0.1, 0.15) is 11.5 Å². The van der Waals surface area contributed by atoms with Crippen LogP contribution in [0, 0.1) is 5.92 Å². The zero-order chi connectivity index (χ0) is 15.4. The SMILES string of the molecule is CCN1CCC(O)C(Cc2cc(N)c(OC)cc2OC)C1.